The molecule has 0 aliphatic heterocycles. The smallest absolute Gasteiger partial charge is 0.331 e. The summed E-state index contributed by atoms with van der Waals surface area (Å²) in [6.45, 7) is 0.816. The van der Waals surface area contributed by atoms with Gasteiger partial charge in [-0.05, 0) is 29.8 Å². The van der Waals surface area contributed by atoms with Crippen LogP contribution in [0.4, 0.5) is 0 Å². The summed E-state index contributed by atoms with van der Waals surface area (Å²) in [6.07, 6.45) is 5.55. The van der Waals surface area contributed by atoms with Crippen LogP contribution in [0.25, 0.3) is 17.0 Å². The molecule has 0 saturated heterocycles. The Labute approximate surface area is 156 Å². The number of carbonyl (C=O) groups excluding carboxylic acids is 1. The molecule has 0 N–H and O–H groups in total. The van der Waals surface area contributed by atoms with Crippen molar-refractivity contribution in [2.45, 2.75) is 19.6 Å². The minimum absolute atomic E-state index is 0.199. The topological polar surface area (TPSA) is 55.0 Å². The number of fused-ring (bicyclic) bond motifs is 1. The highest BCUT2D eigenvalue weighted by Gasteiger charge is 2.06. The SMILES string of the molecule is N#CCCn1cc(/C=C/C(=O)OCc2ccc(Cl)cc2)c2ccccc21. The van der Waals surface area contributed by atoms with E-state index in [0.717, 1.165) is 22.0 Å². The molecule has 4 nitrogen and oxygen atoms in total. The van der Waals surface area contributed by atoms with E-state index in [2.05, 4.69) is 6.07 Å². The lowest BCUT2D eigenvalue weighted by Crippen LogP contribution is -2.00. The van der Waals surface area contributed by atoms with Gasteiger partial charge in [-0.2, -0.15) is 5.26 Å². The second-order valence-electron chi connectivity index (χ2n) is 5.77. The van der Waals surface area contributed by atoms with Crippen molar-refractivity contribution in [2.75, 3.05) is 0 Å². The highest BCUT2D eigenvalue weighted by Crippen LogP contribution is 2.23. The van der Waals surface area contributed by atoms with Crippen LogP contribution < -0.4 is 0 Å². The first-order valence-electron chi connectivity index (χ1n) is 8.21. The lowest BCUT2D eigenvalue weighted by atomic mass is 10.1. The third kappa shape index (κ3) is 4.33. The maximum Gasteiger partial charge on any atom is 0.331 e. The van der Waals surface area contributed by atoms with Crippen LogP contribution in [-0.4, -0.2) is 10.5 Å². The van der Waals surface area contributed by atoms with Crippen LogP contribution in [0.1, 0.15) is 17.5 Å². The molecular formula is C21H17ClN2O2. The summed E-state index contributed by atoms with van der Waals surface area (Å²) in [4.78, 5) is 12.0. The van der Waals surface area contributed by atoms with Gasteiger partial charge in [0.1, 0.15) is 6.61 Å². The van der Waals surface area contributed by atoms with E-state index in [1.807, 2.05) is 47.2 Å². The van der Waals surface area contributed by atoms with Gasteiger partial charge in [0.2, 0.25) is 0 Å². The first-order chi connectivity index (χ1) is 12.7. The molecule has 0 aliphatic carbocycles. The van der Waals surface area contributed by atoms with Crippen molar-refractivity contribution in [1.82, 2.24) is 4.57 Å². The number of carbonyl (C=O) groups is 1. The number of halogens is 1. The van der Waals surface area contributed by atoms with Gasteiger partial charge in [-0.3, -0.25) is 0 Å². The number of nitrogens with zero attached hydrogens (tertiary/aromatic N) is 2. The Kier molecular flexibility index (Phi) is 5.73. The van der Waals surface area contributed by atoms with E-state index >= 15 is 0 Å². The van der Waals surface area contributed by atoms with Crippen LogP contribution in [0.5, 0.6) is 0 Å². The van der Waals surface area contributed by atoms with Gasteiger partial charge in [-0.15, -0.1) is 0 Å². The summed E-state index contributed by atoms with van der Waals surface area (Å²) in [5.41, 5.74) is 2.84. The fourth-order valence-electron chi connectivity index (χ4n) is 2.70. The number of hydrogen-bond donors (Lipinski definition) is 0. The van der Waals surface area contributed by atoms with Crippen molar-refractivity contribution in [2.24, 2.45) is 0 Å². The molecule has 0 aliphatic rings. The van der Waals surface area contributed by atoms with Crippen LogP contribution in [-0.2, 0) is 22.7 Å². The quantitative estimate of drug-likeness (QED) is 0.458. The third-order valence-electron chi connectivity index (χ3n) is 3.98. The maximum absolute atomic E-state index is 12.0. The van der Waals surface area contributed by atoms with Gasteiger partial charge in [-0.1, -0.05) is 41.9 Å². The minimum atomic E-state index is -0.409. The molecule has 1 aromatic heterocycles. The van der Waals surface area contributed by atoms with Crippen molar-refractivity contribution in [3.05, 3.63) is 77.0 Å². The average Bonchev–Trinajstić information content (AvgIpc) is 3.02. The zero-order valence-electron chi connectivity index (χ0n) is 14.1. The van der Waals surface area contributed by atoms with E-state index in [4.69, 9.17) is 21.6 Å². The molecule has 2 aromatic carbocycles. The first-order valence-corrected chi connectivity index (χ1v) is 8.59. The van der Waals surface area contributed by atoms with Crippen molar-refractivity contribution in [3.8, 4) is 6.07 Å². The number of rotatable bonds is 6. The summed E-state index contributed by atoms with van der Waals surface area (Å²) < 4.78 is 7.28. The summed E-state index contributed by atoms with van der Waals surface area (Å²) in [5, 5.41) is 10.5. The van der Waals surface area contributed by atoms with E-state index < -0.39 is 5.97 Å². The number of benzene rings is 2. The standard InChI is InChI=1S/C21H17ClN2O2/c22-18-9-6-16(7-10-18)15-26-21(25)11-8-17-14-24(13-3-12-23)20-5-2-1-4-19(17)20/h1-2,4-11,14H,3,13,15H2/b11-8+. The van der Waals surface area contributed by atoms with Crippen LogP contribution >= 0.6 is 11.6 Å². The second kappa shape index (κ2) is 8.37. The maximum atomic E-state index is 12.0. The van der Waals surface area contributed by atoms with Crippen molar-refractivity contribution in [1.29, 1.82) is 5.26 Å². The van der Waals surface area contributed by atoms with Crippen molar-refractivity contribution in [3.63, 3.8) is 0 Å². The first kappa shape index (κ1) is 17.8. The van der Waals surface area contributed by atoms with Gasteiger partial charge >= 0.3 is 5.97 Å². The molecule has 130 valence electrons. The molecule has 0 fully saturated rings. The lowest BCUT2D eigenvalue weighted by molar-refractivity contribution is -0.138. The van der Waals surface area contributed by atoms with Gasteiger partial charge < -0.3 is 9.30 Å². The lowest BCUT2D eigenvalue weighted by Gasteiger charge is -2.02. The number of aryl methyl sites for hydroxylation is 1. The van der Waals surface area contributed by atoms with Crippen molar-refractivity contribution >= 4 is 34.5 Å². The van der Waals surface area contributed by atoms with Crippen LogP contribution in [0, 0.1) is 11.3 Å². The molecule has 0 atom stereocenters. The fraction of sp³-hybridized carbons (Fsp3) is 0.143. The predicted molar refractivity (Wildman–Crippen MR) is 102 cm³/mol. The van der Waals surface area contributed by atoms with Crippen molar-refractivity contribution < 1.29 is 9.53 Å². The fourth-order valence-corrected chi connectivity index (χ4v) is 2.83. The van der Waals surface area contributed by atoms with Gasteiger partial charge in [-0.25, -0.2) is 4.79 Å². The molecule has 3 aromatic rings. The van der Waals surface area contributed by atoms with Crippen LogP contribution in [0.2, 0.25) is 5.02 Å². The number of nitriles is 1. The third-order valence-corrected chi connectivity index (χ3v) is 4.23. The largest absolute Gasteiger partial charge is 0.458 e. The van der Waals surface area contributed by atoms with Gasteiger partial charge in [0.25, 0.3) is 0 Å². The molecule has 3 rings (SSSR count). The molecule has 0 spiro atoms. The molecule has 5 heteroatoms. The average molecular weight is 365 g/mol. The summed E-state index contributed by atoms with van der Waals surface area (Å²) in [5.74, 6) is -0.409. The predicted octanol–water partition coefficient (Wildman–Crippen LogP) is 4.96. The Morgan fingerprint density at radius 2 is 1.96 bits per heavy atom. The Bertz CT molecular complexity index is 981. The molecule has 1 heterocycles. The van der Waals surface area contributed by atoms with Crippen LogP contribution in [0.3, 0.4) is 0 Å². The zero-order valence-corrected chi connectivity index (χ0v) is 14.8. The van der Waals surface area contributed by atoms with Crippen LogP contribution in [0.15, 0.2) is 60.8 Å². The Morgan fingerprint density at radius 1 is 1.19 bits per heavy atom. The van der Waals surface area contributed by atoms with E-state index in [-0.39, 0.29) is 6.61 Å². The summed E-state index contributed by atoms with van der Waals surface area (Å²) in [7, 11) is 0. The number of ether oxygens (including phenoxy) is 1. The Morgan fingerprint density at radius 3 is 2.73 bits per heavy atom. The number of para-hydroxylation sites is 1. The normalized spacial score (nSPS) is 10.9. The summed E-state index contributed by atoms with van der Waals surface area (Å²) >= 11 is 5.83. The van der Waals surface area contributed by atoms with E-state index in [1.54, 1.807) is 18.2 Å². The number of hydrogen-bond acceptors (Lipinski definition) is 3. The van der Waals surface area contributed by atoms with Gasteiger partial charge in [0.05, 0.1) is 12.5 Å². The monoisotopic (exact) mass is 364 g/mol. The highest BCUT2D eigenvalue weighted by atomic mass is 35.5. The minimum Gasteiger partial charge on any atom is -0.458 e. The Hall–Kier alpha value is -3.03. The molecule has 0 radical (unpaired) electrons. The molecule has 0 saturated carbocycles. The second-order valence-corrected chi connectivity index (χ2v) is 6.21. The molecule has 0 unspecified atom stereocenters. The zero-order chi connectivity index (χ0) is 18.4. The summed E-state index contributed by atoms with van der Waals surface area (Å²) in [6, 6.07) is 17.2. The molecule has 0 amide bonds. The van der Waals surface area contributed by atoms with E-state index in [1.165, 1.54) is 6.08 Å². The molecule has 26 heavy (non-hydrogen) atoms. The van der Waals surface area contributed by atoms with E-state index in [0.29, 0.717) is 18.0 Å². The Balaban J connectivity index is 1.70. The molecule has 0 bridgehead atoms. The number of esters is 1. The molecular weight excluding hydrogens is 348 g/mol. The van der Waals surface area contributed by atoms with Gasteiger partial charge in [0.15, 0.2) is 0 Å². The number of aromatic nitrogens is 1. The highest BCUT2D eigenvalue weighted by molar-refractivity contribution is 6.30. The van der Waals surface area contributed by atoms with Gasteiger partial charge in [0, 0.05) is 40.3 Å². The van der Waals surface area contributed by atoms with E-state index in [9.17, 15) is 4.79 Å².